The summed E-state index contributed by atoms with van der Waals surface area (Å²) < 4.78 is 5.20. The highest BCUT2D eigenvalue weighted by molar-refractivity contribution is 6.04. The summed E-state index contributed by atoms with van der Waals surface area (Å²) in [7, 11) is 0. The molecule has 0 aliphatic heterocycles. The molecule has 0 radical (unpaired) electrons. The largest absolute Gasteiger partial charge is 0.457 e. The summed E-state index contributed by atoms with van der Waals surface area (Å²) in [4.78, 5) is 38.9. The van der Waals surface area contributed by atoms with Crippen LogP contribution in [0.3, 0.4) is 0 Å². The minimum Gasteiger partial charge on any atom is -0.457 e. The summed E-state index contributed by atoms with van der Waals surface area (Å²) in [5.41, 5.74) is 2.22. The van der Waals surface area contributed by atoms with Crippen LogP contribution in [0.5, 0.6) is 0 Å². The topological polar surface area (TPSA) is 76.2 Å². The number of esters is 1. The maximum atomic E-state index is 12.3. The van der Waals surface area contributed by atoms with E-state index in [9.17, 15) is 14.4 Å². The van der Waals surface area contributed by atoms with Crippen molar-refractivity contribution in [2.75, 3.05) is 6.61 Å². The van der Waals surface area contributed by atoms with Gasteiger partial charge in [0.15, 0.2) is 12.4 Å². The molecule has 3 atom stereocenters. The Kier molecular flexibility index (Phi) is 4.61. The second-order valence-electron chi connectivity index (χ2n) is 7.40. The Morgan fingerprint density at radius 3 is 2.46 bits per heavy atom. The number of aromatic amines is 1. The fourth-order valence-electron chi connectivity index (χ4n) is 4.67. The van der Waals surface area contributed by atoms with E-state index in [4.69, 9.17) is 4.74 Å². The van der Waals surface area contributed by atoms with E-state index in [1.165, 1.54) is 26.2 Å². The first-order chi connectivity index (χ1) is 11.4. The molecule has 2 aliphatic carbocycles. The van der Waals surface area contributed by atoms with E-state index < -0.39 is 0 Å². The number of nitrogens with one attached hydrogen (secondary N) is 1. The molecule has 2 bridgehead atoms. The van der Waals surface area contributed by atoms with Gasteiger partial charge in [0.2, 0.25) is 5.78 Å². The van der Waals surface area contributed by atoms with Crippen LogP contribution in [0.4, 0.5) is 0 Å². The zero-order chi connectivity index (χ0) is 17.4. The second-order valence-corrected chi connectivity index (χ2v) is 7.40. The van der Waals surface area contributed by atoms with Gasteiger partial charge in [0.05, 0.1) is 5.69 Å². The van der Waals surface area contributed by atoms with Gasteiger partial charge >= 0.3 is 5.97 Å². The normalized spacial score (nSPS) is 25.0. The highest BCUT2D eigenvalue weighted by atomic mass is 16.5. The van der Waals surface area contributed by atoms with Crippen molar-refractivity contribution in [2.24, 2.45) is 17.8 Å². The molecule has 1 aromatic heterocycles. The number of Topliss-reactive ketones (excluding diaryl/α,β-unsaturated/α-hetero) is 2. The fraction of sp³-hybridized carbons (Fsp3) is 0.632. The van der Waals surface area contributed by atoms with E-state index in [2.05, 4.69) is 4.98 Å². The number of rotatable bonds is 6. The Morgan fingerprint density at radius 2 is 1.92 bits per heavy atom. The number of H-pyrrole nitrogens is 1. The molecule has 0 aromatic carbocycles. The molecule has 0 saturated heterocycles. The van der Waals surface area contributed by atoms with Crippen molar-refractivity contribution < 1.29 is 19.1 Å². The summed E-state index contributed by atoms with van der Waals surface area (Å²) >= 11 is 0. The molecule has 24 heavy (non-hydrogen) atoms. The lowest BCUT2D eigenvalue weighted by Gasteiger charge is -2.20. The summed E-state index contributed by atoms with van der Waals surface area (Å²) in [6.07, 6.45) is 5.35. The van der Waals surface area contributed by atoms with Gasteiger partial charge in [-0.25, -0.2) is 0 Å². The maximum Gasteiger partial charge on any atom is 0.306 e. The molecular weight excluding hydrogens is 306 g/mol. The maximum absolute atomic E-state index is 12.3. The van der Waals surface area contributed by atoms with Crippen molar-refractivity contribution in [1.82, 2.24) is 4.98 Å². The number of carbonyl (C=O) groups excluding carboxylic acids is 3. The Labute approximate surface area is 142 Å². The van der Waals surface area contributed by atoms with E-state index in [0.29, 0.717) is 40.8 Å². The smallest absolute Gasteiger partial charge is 0.306 e. The number of aromatic nitrogens is 1. The molecule has 3 rings (SSSR count). The lowest BCUT2D eigenvalue weighted by atomic mass is 9.86. The number of aryl methyl sites for hydroxylation is 1. The van der Waals surface area contributed by atoms with Crippen LogP contribution in [-0.2, 0) is 9.53 Å². The van der Waals surface area contributed by atoms with Gasteiger partial charge in [0, 0.05) is 17.7 Å². The molecule has 1 N–H and O–H groups in total. The molecule has 1 heterocycles. The number of fused-ring (bicyclic) bond motifs is 2. The average molecular weight is 331 g/mol. The van der Waals surface area contributed by atoms with Crippen LogP contribution in [0.25, 0.3) is 0 Å². The zero-order valence-corrected chi connectivity index (χ0v) is 14.6. The Hall–Kier alpha value is -1.91. The first-order valence-electron chi connectivity index (χ1n) is 8.75. The molecule has 2 aliphatic rings. The van der Waals surface area contributed by atoms with Gasteiger partial charge in [-0.15, -0.1) is 0 Å². The van der Waals surface area contributed by atoms with E-state index in [1.54, 1.807) is 13.8 Å². The van der Waals surface area contributed by atoms with Gasteiger partial charge in [-0.2, -0.15) is 0 Å². The lowest BCUT2D eigenvalue weighted by molar-refractivity contribution is -0.144. The third-order valence-corrected chi connectivity index (χ3v) is 5.75. The third-order valence-electron chi connectivity index (χ3n) is 5.75. The predicted molar refractivity (Wildman–Crippen MR) is 89.1 cm³/mol. The summed E-state index contributed by atoms with van der Waals surface area (Å²) in [6, 6.07) is 0. The first kappa shape index (κ1) is 16.9. The standard InChI is InChI=1S/C19H25NO4/c1-10-18(12(3)21)11(2)20-19(10)16(22)9-24-17(23)8-15-7-13-4-5-14(15)6-13/h13-15,20H,4-9H2,1-3H3/t13-,14-,15-/m1/s1. The molecule has 2 fully saturated rings. The van der Waals surface area contributed by atoms with Crippen LogP contribution < -0.4 is 0 Å². The molecule has 2 saturated carbocycles. The average Bonchev–Trinajstić information content (AvgIpc) is 3.19. The molecular formula is C19H25NO4. The summed E-state index contributed by atoms with van der Waals surface area (Å²) in [5, 5.41) is 0. The van der Waals surface area contributed by atoms with Gasteiger partial charge in [-0.05, 0) is 63.4 Å². The molecule has 5 heteroatoms. The van der Waals surface area contributed by atoms with Crippen molar-refractivity contribution in [3.8, 4) is 0 Å². The first-order valence-corrected chi connectivity index (χ1v) is 8.75. The van der Waals surface area contributed by atoms with E-state index in [0.717, 1.165) is 12.3 Å². The Bertz CT molecular complexity index is 688. The van der Waals surface area contributed by atoms with Crippen LogP contribution in [-0.4, -0.2) is 29.1 Å². The minimum atomic E-state index is -0.288. The minimum absolute atomic E-state index is 0.0754. The molecule has 0 spiro atoms. The van der Waals surface area contributed by atoms with Crippen LogP contribution in [0, 0.1) is 31.6 Å². The Balaban J connectivity index is 1.55. The van der Waals surface area contributed by atoms with Crippen molar-refractivity contribution in [3.63, 3.8) is 0 Å². The van der Waals surface area contributed by atoms with Crippen LogP contribution in [0.15, 0.2) is 0 Å². The highest BCUT2D eigenvalue weighted by Crippen LogP contribution is 2.49. The third kappa shape index (κ3) is 3.17. The van der Waals surface area contributed by atoms with Crippen LogP contribution in [0.2, 0.25) is 0 Å². The lowest BCUT2D eigenvalue weighted by Crippen LogP contribution is -2.20. The van der Waals surface area contributed by atoms with Gasteiger partial charge in [-0.3, -0.25) is 14.4 Å². The molecule has 1 aromatic rings. The van der Waals surface area contributed by atoms with Crippen molar-refractivity contribution in [2.45, 2.75) is 52.9 Å². The van der Waals surface area contributed by atoms with Crippen molar-refractivity contribution in [3.05, 3.63) is 22.5 Å². The van der Waals surface area contributed by atoms with Crippen LogP contribution >= 0.6 is 0 Å². The molecule has 0 amide bonds. The van der Waals surface area contributed by atoms with E-state index >= 15 is 0 Å². The van der Waals surface area contributed by atoms with Gasteiger partial charge in [-0.1, -0.05) is 6.42 Å². The number of hydrogen-bond acceptors (Lipinski definition) is 4. The van der Waals surface area contributed by atoms with Gasteiger partial charge in [0.1, 0.15) is 0 Å². The molecule has 0 unspecified atom stereocenters. The molecule has 130 valence electrons. The number of ether oxygens (including phenoxy) is 1. The number of carbonyl (C=O) groups is 3. The SMILES string of the molecule is CC(=O)c1c(C)[nH]c(C(=O)COC(=O)C[C@H]2C[C@@H]3CC[C@@H]2C3)c1C. The summed E-state index contributed by atoms with van der Waals surface area (Å²) in [6.45, 7) is 4.72. The van der Waals surface area contributed by atoms with Crippen LogP contribution in [0.1, 0.15) is 71.1 Å². The monoisotopic (exact) mass is 331 g/mol. The van der Waals surface area contributed by atoms with Crippen molar-refractivity contribution >= 4 is 17.5 Å². The fourth-order valence-corrected chi connectivity index (χ4v) is 4.67. The molecule has 5 nitrogen and oxygen atoms in total. The highest BCUT2D eigenvalue weighted by Gasteiger charge is 2.40. The quantitative estimate of drug-likeness (QED) is 0.640. The predicted octanol–water partition coefficient (Wildman–Crippen LogP) is 3.39. The second kappa shape index (κ2) is 6.54. The van der Waals surface area contributed by atoms with Gasteiger partial charge < -0.3 is 9.72 Å². The summed E-state index contributed by atoms with van der Waals surface area (Å²) in [5.74, 6) is 1.25. The zero-order valence-electron chi connectivity index (χ0n) is 14.6. The van der Waals surface area contributed by atoms with E-state index in [-0.39, 0.29) is 24.1 Å². The van der Waals surface area contributed by atoms with Gasteiger partial charge in [0.25, 0.3) is 0 Å². The van der Waals surface area contributed by atoms with Crippen molar-refractivity contribution in [1.29, 1.82) is 0 Å². The Morgan fingerprint density at radius 1 is 1.17 bits per heavy atom. The number of hydrogen-bond donors (Lipinski definition) is 1. The van der Waals surface area contributed by atoms with E-state index in [1.807, 2.05) is 0 Å². The number of ketones is 2.